The summed E-state index contributed by atoms with van der Waals surface area (Å²) in [7, 11) is 0. The van der Waals surface area contributed by atoms with Gasteiger partial charge in [0.25, 0.3) is 5.91 Å². The molecule has 1 aliphatic heterocycles. The van der Waals surface area contributed by atoms with Crippen LogP contribution in [0.25, 0.3) is 11.0 Å². The number of imidazole rings is 1. The van der Waals surface area contributed by atoms with Gasteiger partial charge in [-0.2, -0.15) is 0 Å². The van der Waals surface area contributed by atoms with E-state index in [4.69, 9.17) is 4.98 Å². The zero-order chi connectivity index (χ0) is 20.7. The van der Waals surface area contributed by atoms with Gasteiger partial charge in [-0.25, -0.2) is 4.98 Å². The Hall–Kier alpha value is -3.38. The van der Waals surface area contributed by atoms with Gasteiger partial charge in [0.05, 0.1) is 22.6 Å². The molecule has 0 unspecified atom stereocenters. The number of anilines is 2. The number of hydrogen-bond acceptors (Lipinski definition) is 3. The number of allylic oxidation sites excluding steroid dienone is 1. The van der Waals surface area contributed by atoms with Gasteiger partial charge in [-0.05, 0) is 48.9 Å². The summed E-state index contributed by atoms with van der Waals surface area (Å²) in [6.45, 7) is 1.93. The van der Waals surface area contributed by atoms with Gasteiger partial charge in [-0.1, -0.05) is 58.4 Å². The fourth-order valence-electron chi connectivity index (χ4n) is 3.94. The lowest BCUT2D eigenvalue weighted by Crippen LogP contribution is -2.30. The lowest BCUT2D eigenvalue weighted by atomic mass is 9.94. The van der Waals surface area contributed by atoms with E-state index in [1.54, 1.807) is 0 Å². The van der Waals surface area contributed by atoms with E-state index in [-0.39, 0.29) is 11.9 Å². The molecule has 0 fully saturated rings. The number of carbonyl (C=O) groups excluding carboxylic acids is 1. The second-order valence-corrected chi connectivity index (χ2v) is 8.15. The maximum absolute atomic E-state index is 13.4. The quantitative estimate of drug-likeness (QED) is 0.412. The molecular formula is C24H19BrN4O. The summed E-state index contributed by atoms with van der Waals surface area (Å²) in [5.41, 5.74) is 5.10. The third kappa shape index (κ3) is 3.19. The van der Waals surface area contributed by atoms with Crippen molar-refractivity contribution >= 4 is 44.5 Å². The van der Waals surface area contributed by atoms with Crippen LogP contribution < -0.4 is 10.6 Å². The molecule has 0 saturated heterocycles. The van der Waals surface area contributed by atoms with Crippen molar-refractivity contribution in [3.63, 3.8) is 0 Å². The molecule has 0 spiro atoms. The maximum Gasteiger partial charge on any atom is 0.255 e. The minimum Gasteiger partial charge on any atom is -0.329 e. The van der Waals surface area contributed by atoms with E-state index < -0.39 is 0 Å². The molecule has 1 amide bonds. The molecule has 0 radical (unpaired) electrons. The van der Waals surface area contributed by atoms with E-state index in [0.717, 1.165) is 38.4 Å². The van der Waals surface area contributed by atoms with Crippen molar-refractivity contribution in [3.8, 4) is 0 Å². The Bertz CT molecular complexity index is 1280. The minimum absolute atomic E-state index is 0.137. The number of nitrogens with one attached hydrogen (secondary N) is 2. The van der Waals surface area contributed by atoms with Gasteiger partial charge in [0, 0.05) is 15.9 Å². The van der Waals surface area contributed by atoms with Crippen LogP contribution in [0.3, 0.4) is 0 Å². The van der Waals surface area contributed by atoms with Crippen LogP contribution >= 0.6 is 15.9 Å². The number of benzene rings is 3. The average Bonchev–Trinajstić information content (AvgIpc) is 3.12. The fourth-order valence-corrected chi connectivity index (χ4v) is 4.20. The fraction of sp³-hybridized carbons (Fsp3) is 0.0833. The summed E-state index contributed by atoms with van der Waals surface area (Å²) in [6.07, 6.45) is 0. The predicted octanol–water partition coefficient (Wildman–Crippen LogP) is 5.73. The number of hydrogen-bond donors (Lipinski definition) is 2. The summed E-state index contributed by atoms with van der Waals surface area (Å²) >= 11 is 3.51. The van der Waals surface area contributed by atoms with Crippen molar-refractivity contribution in [2.45, 2.75) is 13.0 Å². The minimum atomic E-state index is -0.300. The molecule has 1 atom stereocenters. The Morgan fingerprint density at radius 3 is 2.47 bits per heavy atom. The van der Waals surface area contributed by atoms with Gasteiger partial charge in [0.1, 0.15) is 0 Å². The molecule has 0 bridgehead atoms. The van der Waals surface area contributed by atoms with E-state index in [1.165, 1.54) is 0 Å². The maximum atomic E-state index is 13.4. The third-order valence-electron chi connectivity index (χ3n) is 5.29. The standard InChI is InChI=1S/C24H19BrN4O/c1-15-21(23(30)27-18-7-3-2-4-8-18)22(16-11-13-17(25)14-12-16)29-20-10-6-5-9-19(20)28-24(29)26-15/h2-14,22H,1H3,(H,26,28)(H,27,30)/t22-/m1/s1. The molecule has 4 aromatic rings. The third-order valence-corrected chi connectivity index (χ3v) is 5.82. The lowest BCUT2D eigenvalue weighted by Gasteiger charge is -2.30. The van der Waals surface area contributed by atoms with E-state index in [9.17, 15) is 4.79 Å². The Morgan fingerprint density at radius 1 is 1.00 bits per heavy atom. The van der Waals surface area contributed by atoms with Crippen molar-refractivity contribution in [2.24, 2.45) is 0 Å². The molecule has 2 heterocycles. The first-order valence-electron chi connectivity index (χ1n) is 9.68. The molecule has 148 valence electrons. The monoisotopic (exact) mass is 458 g/mol. The lowest BCUT2D eigenvalue weighted by molar-refractivity contribution is -0.113. The highest BCUT2D eigenvalue weighted by Gasteiger charge is 2.34. The molecule has 5 nitrogen and oxygen atoms in total. The van der Waals surface area contributed by atoms with Crippen LogP contribution in [0.1, 0.15) is 18.5 Å². The molecule has 3 aromatic carbocycles. The SMILES string of the molecule is CC1=C(C(=O)Nc2ccccc2)[C@@H](c2ccc(Br)cc2)n2c(nc3ccccc32)N1. The number of halogens is 1. The molecule has 0 saturated carbocycles. The van der Waals surface area contributed by atoms with Gasteiger partial charge in [0.15, 0.2) is 0 Å². The topological polar surface area (TPSA) is 59.0 Å². The summed E-state index contributed by atoms with van der Waals surface area (Å²) < 4.78 is 3.10. The van der Waals surface area contributed by atoms with E-state index in [2.05, 4.69) is 31.1 Å². The van der Waals surface area contributed by atoms with E-state index >= 15 is 0 Å². The zero-order valence-corrected chi connectivity index (χ0v) is 17.8. The highest BCUT2D eigenvalue weighted by Crippen LogP contribution is 2.39. The van der Waals surface area contributed by atoms with Gasteiger partial charge in [-0.15, -0.1) is 0 Å². The van der Waals surface area contributed by atoms with E-state index in [0.29, 0.717) is 5.57 Å². The summed E-state index contributed by atoms with van der Waals surface area (Å²) in [6, 6.07) is 25.3. The molecular weight excluding hydrogens is 440 g/mol. The van der Waals surface area contributed by atoms with Gasteiger partial charge >= 0.3 is 0 Å². The Balaban J connectivity index is 1.68. The normalized spacial score (nSPS) is 15.6. The van der Waals surface area contributed by atoms with Crippen molar-refractivity contribution in [1.29, 1.82) is 0 Å². The van der Waals surface area contributed by atoms with Crippen molar-refractivity contribution in [1.82, 2.24) is 9.55 Å². The largest absolute Gasteiger partial charge is 0.329 e. The first kappa shape index (κ1) is 18.6. The molecule has 1 aliphatic rings. The zero-order valence-electron chi connectivity index (χ0n) is 16.3. The number of aromatic nitrogens is 2. The second-order valence-electron chi connectivity index (χ2n) is 7.23. The first-order valence-corrected chi connectivity index (χ1v) is 10.5. The second kappa shape index (κ2) is 7.46. The Labute approximate surface area is 182 Å². The van der Waals surface area contributed by atoms with E-state index in [1.807, 2.05) is 85.8 Å². The Morgan fingerprint density at radius 2 is 1.70 bits per heavy atom. The highest BCUT2D eigenvalue weighted by molar-refractivity contribution is 9.10. The van der Waals surface area contributed by atoms with Crippen molar-refractivity contribution in [2.75, 3.05) is 10.6 Å². The van der Waals surface area contributed by atoms with Crippen LogP contribution in [0.5, 0.6) is 0 Å². The molecule has 30 heavy (non-hydrogen) atoms. The average molecular weight is 459 g/mol. The van der Waals surface area contributed by atoms with Gasteiger partial charge in [-0.3, -0.25) is 9.36 Å². The molecule has 1 aromatic heterocycles. The van der Waals surface area contributed by atoms with Gasteiger partial charge in [0.2, 0.25) is 5.95 Å². The molecule has 0 aliphatic carbocycles. The van der Waals surface area contributed by atoms with Crippen LogP contribution in [-0.4, -0.2) is 15.5 Å². The molecule has 2 N–H and O–H groups in total. The molecule has 6 heteroatoms. The van der Waals surface area contributed by atoms with Crippen LogP contribution in [0, 0.1) is 0 Å². The van der Waals surface area contributed by atoms with Crippen LogP contribution in [0.4, 0.5) is 11.6 Å². The van der Waals surface area contributed by atoms with Gasteiger partial charge < -0.3 is 10.6 Å². The highest BCUT2D eigenvalue weighted by atomic mass is 79.9. The summed E-state index contributed by atoms with van der Waals surface area (Å²) in [5, 5.41) is 6.38. The van der Waals surface area contributed by atoms with Crippen molar-refractivity contribution < 1.29 is 4.79 Å². The summed E-state index contributed by atoms with van der Waals surface area (Å²) in [4.78, 5) is 18.2. The van der Waals surface area contributed by atoms with Crippen LogP contribution in [0.2, 0.25) is 0 Å². The predicted molar refractivity (Wildman–Crippen MR) is 123 cm³/mol. The number of fused-ring (bicyclic) bond motifs is 3. The van der Waals surface area contributed by atoms with Crippen LogP contribution in [0.15, 0.2) is 94.6 Å². The number of para-hydroxylation sites is 3. The Kier molecular flexibility index (Phi) is 4.64. The molecule has 5 rings (SSSR count). The number of amides is 1. The smallest absolute Gasteiger partial charge is 0.255 e. The van der Waals surface area contributed by atoms with Crippen molar-refractivity contribution in [3.05, 3.63) is 100 Å². The number of carbonyl (C=O) groups is 1. The summed E-state index contributed by atoms with van der Waals surface area (Å²) in [5.74, 6) is 0.598. The first-order chi connectivity index (χ1) is 14.6. The van der Waals surface area contributed by atoms with Crippen LogP contribution in [-0.2, 0) is 4.79 Å². The number of nitrogens with zero attached hydrogens (tertiary/aromatic N) is 2. The number of rotatable bonds is 3.